The average molecular weight is 331 g/mol. The number of aryl methyl sites for hydroxylation is 3. The number of nitrogens with zero attached hydrogens (tertiary/aromatic N) is 1. The van der Waals surface area contributed by atoms with Gasteiger partial charge in [0.25, 0.3) is 0 Å². The molecule has 0 spiro atoms. The number of aromatic carboxylic acids is 1. The van der Waals surface area contributed by atoms with E-state index in [-0.39, 0.29) is 5.56 Å². The predicted molar refractivity (Wildman–Crippen MR) is 98.1 cm³/mol. The van der Waals surface area contributed by atoms with Crippen LogP contribution in [0, 0.1) is 20.8 Å². The lowest BCUT2D eigenvalue weighted by Crippen LogP contribution is -2.02. The molecule has 4 nitrogen and oxygen atoms in total. The van der Waals surface area contributed by atoms with Gasteiger partial charge in [-0.05, 0) is 44.0 Å². The van der Waals surface area contributed by atoms with E-state index < -0.39 is 5.97 Å². The molecule has 1 N–H and O–H groups in total. The molecule has 4 rings (SSSR count). The lowest BCUT2D eigenvalue weighted by Gasteiger charge is -2.10. The van der Waals surface area contributed by atoms with Crippen LogP contribution in [-0.4, -0.2) is 16.1 Å². The number of carbonyl (C=O) groups is 1. The highest BCUT2D eigenvalue weighted by Crippen LogP contribution is 2.34. The maximum Gasteiger partial charge on any atom is 0.336 e. The molecule has 0 radical (unpaired) electrons. The molecule has 124 valence electrons. The highest BCUT2D eigenvalue weighted by Gasteiger charge is 2.19. The lowest BCUT2D eigenvalue weighted by molar-refractivity contribution is 0.0699. The van der Waals surface area contributed by atoms with E-state index in [4.69, 9.17) is 9.40 Å². The number of furan rings is 1. The zero-order valence-electron chi connectivity index (χ0n) is 14.3. The van der Waals surface area contributed by atoms with Gasteiger partial charge in [0.1, 0.15) is 11.3 Å². The fourth-order valence-corrected chi connectivity index (χ4v) is 3.24. The molecule has 0 aliphatic rings. The summed E-state index contributed by atoms with van der Waals surface area (Å²) in [6.45, 7) is 5.93. The molecule has 0 amide bonds. The van der Waals surface area contributed by atoms with E-state index in [1.165, 1.54) is 0 Å². The van der Waals surface area contributed by atoms with Crippen molar-refractivity contribution in [2.45, 2.75) is 20.8 Å². The normalized spacial score (nSPS) is 11.3. The number of carboxylic acid groups (broad SMARTS) is 1. The van der Waals surface area contributed by atoms with Gasteiger partial charge in [0.2, 0.25) is 0 Å². The van der Waals surface area contributed by atoms with Gasteiger partial charge >= 0.3 is 5.97 Å². The van der Waals surface area contributed by atoms with E-state index in [2.05, 4.69) is 0 Å². The summed E-state index contributed by atoms with van der Waals surface area (Å²) in [6, 6.07) is 13.1. The Labute approximate surface area is 144 Å². The topological polar surface area (TPSA) is 63.3 Å². The molecule has 2 heterocycles. The number of benzene rings is 2. The van der Waals surface area contributed by atoms with Crippen molar-refractivity contribution in [2.75, 3.05) is 0 Å². The minimum Gasteiger partial charge on any atom is -0.478 e. The monoisotopic (exact) mass is 331 g/mol. The van der Waals surface area contributed by atoms with Crippen LogP contribution in [0.15, 0.2) is 46.9 Å². The molecule has 4 aromatic rings. The Bertz CT molecular complexity index is 1150. The van der Waals surface area contributed by atoms with Crippen molar-refractivity contribution in [1.82, 2.24) is 4.98 Å². The van der Waals surface area contributed by atoms with Crippen molar-refractivity contribution in [1.29, 1.82) is 0 Å². The van der Waals surface area contributed by atoms with Crippen LogP contribution in [0.1, 0.15) is 27.0 Å². The molecule has 0 unspecified atom stereocenters. The number of hydrogen-bond donors (Lipinski definition) is 1. The predicted octanol–water partition coefficient (Wildman–Crippen LogP) is 5.27. The summed E-state index contributed by atoms with van der Waals surface area (Å²) < 4.78 is 5.98. The molecule has 0 saturated carbocycles. The van der Waals surface area contributed by atoms with Crippen LogP contribution >= 0.6 is 0 Å². The number of rotatable bonds is 2. The van der Waals surface area contributed by atoms with E-state index in [9.17, 15) is 9.90 Å². The van der Waals surface area contributed by atoms with E-state index in [0.717, 1.165) is 27.7 Å². The van der Waals surface area contributed by atoms with Gasteiger partial charge in [-0.15, -0.1) is 0 Å². The SMILES string of the molecule is Cc1ccc2c(C(=O)O)cc(-c3oc4ccccc4c3C)nc2c1C. The molecular weight excluding hydrogens is 314 g/mol. The summed E-state index contributed by atoms with van der Waals surface area (Å²) in [5.41, 5.74) is 5.29. The van der Waals surface area contributed by atoms with Crippen molar-refractivity contribution in [3.63, 3.8) is 0 Å². The quantitative estimate of drug-likeness (QED) is 0.543. The highest BCUT2D eigenvalue weighted by molar-refractivity contribution is 6.05. The molecular formula is C21H17NO3. The molecule has 0 atom stereocenters. The van der Waals surface area contributed by atoms with Crippen LogP contribution in [0.2, 0.25) is 0 Å². The molecule has 0 saturated heterocycles. The Morgan fingerprint density at radius 3 is 2.48 bits per heavy atom. The zero-order chi connectivity index (χ0) is 17.7. The Balaban J connectivity index is 2.09. The van der Waals surface area contributed by atoms with Crippen LogP contribution in [0.5, 0.6) is 0 Å². The highest BCUT2D eigenvalue weighted by atomic mass is 16.4. The first-order chi connectivity index (χ1) is 12.0. The number of fused-ring (bicyclic) bond motifs is 2. The van der Waals surface area contributed by atoms with Gasteiger partial charge in [0.05, 0.1) is 11.1 Å². The molecule has 0 bridgehead atoms. The van der Waals surface area contributed by atoms with Crippen LogP contribution in [0.4, 0.5) is 0 Å². The number of pyridine rings is 1. The smallest absolute Gasteiger partial charge is 0.336 e. The summed E-state index contributed by atoms with van der Waals surface area (Å²) in [5, 5.41) is 11.3. The van der Waals surface area contributed by atoms with E-state index in [1.54, 1.807) is 6.07 Å². The second kappa shape index (κ2) is 5.45. The summed E-state index contributed by atoms with van der Waals surface area (Å²) in [6.07, 6.45) is 0. The minimum atomic E-state index is -0.967. The number of hydrogen-bond acceptors (Lipinski definition) is 3. The summed E-state index contributed by atoms with van der Waals surface area (Å²) in [7, 11) is 0. The van der Waals surface area contributed by atoms with Gasteiger partial charge in [0.15, 0.2) is 5.76 Å². The molecule has 0 fully saturated rings. The molecule has 4 heteroatoms. The largest absolute Gasteiger partial charge is 0.478 e. The number of para-hydroxylation sites is 1. The third-order valence-corrected chi connectivity index (χ3v) is 4.81. The van der Waals surface area contributed by atoms with Crippen molar-refractivity contribution in [3.8, 4) is 11.5 Å². The Kier molecular flexibility index (Phi) is 3.35. The average Bonchev–Trinajstić information content (AvgIpc) is 2.94. The summed E-state index contributed by atoms with van der Waals surface area (Å²) in [5.74, 6) is -0.350. The first-order valence-corrected chi connectivity index (χ1v) is 8.10. The number of aromatic nitrogens is 1. The van der Waals surface area contributed by atoms with Crippen molar-refractivity contribution in [3.05, 3.63) is 64.7 Å². The van der Waals surface area contributed by atoms with Crippen molar-refractivity contribution < 1.29 is 14.3 Å². The first-order valence-electron chi connectivity index (χ1n) is 8.10. The van der Waals surface area contributed by atoms with Crippen LogP contribution < -0.4 is 0 Å². The van der Waals surface area contributed by atoms with Crippen molar-refractivity contribution in [2.24, 2.45) is 0 Å². The second-order valence-electron chi connectivity index (χ2n) is 6.32. The maximum atomic E-state index is 11.8. The lowest BCUT2D eigenvalue weighted by atomic mass is 10.00. The fourth-order valence-electron chi connectivity index (χ4n) is 3.24. The van der Waals surface area contributed by atoms with Crippen LogP contribution in [0.25, 0.3) is 33.3 Å². The van der Waals surface area contributed by atoms with Crippen molar-refractivity contribution >= 4 is 27.8 Å². The van der Waals surface area contributed by atoms with Gasteiger partial charge in [-0.1, -0.05) is 30.3 Å². The summed E-state index contributed by atoms with van der Waals surface area (Å²) in [4.78, 5) is 16.5. The van der Waals surface area contributed by atoms with Gasteiger partial charge in [-0.2, -0.15) is 0 Å². The third kappa shape index (κ3) is 2.30. The van der Waals surface area contributed by atoms with Gasteiger partial charge in [0, 0.05) is 16.3 Å². The Morgan fingerprint density at radius 1 is 1.00 bits per heavy atom. The van der Waals surface area contributed by atoms with Crippen LogP contribution in [0.3, 0.4) is 0 Å². The molecule has 0 aliphatic carbocycles. The first kappa shape index (κ1) is 15.4. The molecule has 2 aromatic carbocycles. The van der Waals surface area contributed by atoms with Gasteiger partial charge < -0.3 is 9.52 Å². The zero-order valence-corrected chi connectivity index (χ0v) is 14.3. The van der Waals surface area contributed by atoms with Crippen LogP contribution in [-0.2, 0) is 0 Å². The Hall–Kier alpha value is -3.14. The minimum absolute atomic E-state index is 0.239. The third-order valence-electron chi connectivity index (χ3n) is 4.81. The van der Waals surface area contributed by atoms with Gasteiger partial charge in [-0.3, -0.25) is 0 Å². The fraction of sp³-hybridized carbons (Fsp3) is 0.143. The number of carboxylic acids is 1. The maximum absolute atomic E-state index is 11.8. The molecule has 0 aliphatic heterocycles. The standard InChI is InChI=1S/C21H17NO3/c1-11-8-9-15-16(21(23)24)10-17(22-19(15)12(11)2)20-13(3)14-6-4-5-7-18(14)25-20/h4-10H,1-3H3,(H,23,24). The molecule has 25 heavy (non-hydrogen) atoms. The van der Waals surface area contributed by atoms with E-state index >= 15 is 0 Å². The Morgan fingerprint density at radius 2 is 1.76 bits per heavy atom. The van der Waals surface area contributed by atoms with Gasteiger partial charge in [-0.25, -0.2) is 9.78 Å². The molecule has 2 aromatic heterocycles. The second-order valence-corrected chi connectivity index (χ2v) is 6.32. The van der Waals surface area contributed by atoms with E-state index in [1.807, 2.05) is 57.2 Å². The summed E-state index contributed by atoms with van der Waals surface area (Å²) >= 11 is 0. The van der Waals surface area contributed by atoms with E-state index in [0.29, 0.717) is 22.4 Å².